The molecule has 0 saturated carbocycles. The van der Waals surface area contributed by atoms with E-state index in [1.807, 2.05) is 67.6 Å². The lowest BCUT2D eigenvalue weighted by molar-refractivity contribution is -0.118. The summed E-state index contributed by atoms with van der Waals surface area (Å²) in [6, 6.07) is 37.2. The molecule has 0 spiro atoms. The average Bonchev–Trinajstić information content (AvgIpc) is 3.36. The Morgan fingerprint density at radius 3 is 2.20 bits per heavy atom. The first-order chi connectivity index (χ1) is 21.3. The van der Waals surface area contributed by atoms with Crippen molar-refractivity contribution in [2.45, 2.75) is 31.8 Å². The summed E-state index contributed by atoms with van der Waals surface area (Å²) in [5.74, 6) is 0.165. The molecule has 1 heterocycles. The predicted molar refractivity (Wildman–Crippen MR) is 177 cm³/mol. The van der Waals surface area contributed by atoms with Gasteiger partial charge in [-0.3, -0.25) is 9.10 Å². The van der Waals surface area contributed by atoms with Gasteiger partial charge in [0.25, 0.3) is 15.9 Å². The molecule has 0 radical (unpaired) electrons. The van der Waals surface area contributed by atoms with Crippen molar-refractivity contribution in [3.63, 3.8) is 0 Å². The largest absolute Gasteiger partial charge is 0.484 e. The normalized spacial score (nSPS) is 11.5. The van der Waals surface area contributed by atoms with Gasteiger partial charge in [-0.1, -0.05) is 66.2 Å². The van der Waals surface area contributed by atoms with Crippen LogP contribution in [0.1, 0.15) is 18.1 Å². The molecular formula is C36H33N3O4S. The maximum absolute atomic E-state index is 13.7. The number of sulfonamides is 1. The third-order valence-electron chi connectivity index (χ3n) is 7.64. The fraction of sp³-hybridized carbons (Fsp3) is 0.139. The zero-order chi connectivity index (χ0) is 30.7. The number of amides is 1. The first-order valence-corrected chi connectivity index (χ1v) is 15.9. The summed E-state index contributed by atoms with van der Waals surface area (Å²) in [5, 5.41) is 5.16. The zero-order valence-corrected chi connectivity index (χ0v) is 25.4. The molecule has 1 aromatic heterocycles. The van der Waals surface area contributed by atoms with E-state index in [4.69, 9.17) is 4.74 Å². The van der Waals surface area contributed by atoms with Crippen LogP contribution in [0.2, 0.25) is 0 Å². The van der Waals surface area contributed by atoms with Crippen molar-refractivity contribution in [1.29, 1.82) is 0 Å². The lowest BCUT2D eigenvalue weighted by Crippen LogP contribution is -2.30. The first-order valence-electron chi connectivity index (χ1n) is 14.5. The van der Waals surface area contributed by atoms with E-state index < -0.39 is 10.0 Å². The van der Waals surface area contributed by atoms with Gasteiger partial charge in [0.05, 0.1) is 17.1 Å². The average molecular weight is 604 g/mol. The van der Waals surface area contributed by atoms with Gasteiger partial charge in [0.1, 0.15) is 5.75 Å². The Balaban J connectivity index is 1.17. The summed E-state index contributed by atoms with van der Waals surface area (Å²) in [4.78, 5) is 13.0. The molecular weight excluding hydrogens is 570 g/mol. The molecule has 0 saturated heterocycles. The summed E-state index contributed by atoms with van der Waals surface area (Å²) in [5.41, 5.74) is 5.30. The van der Waals surface area contributed by atoms with E-state index >= 15 is 0 Å². The van der Waals surface area contributed by atoms with Crippen molar-refractivity contribution in [1.82, 2.24) is 4.57 Å². The van der Waals surface area contributed by atoms with Gasteiger partial charge in [0, 0.05) is 34.0 Å². The van der Waals surface area contributed by atoms with Crippen LogP contribution in [0.15, 0.2) is 126 Å². The van der Waals surface area contributed by atoms with Gasteiger partial charge in [-0.15, -0.1) is 0 Å². The maximum Gasteiger partial charge on any atom is 0.264 e. The lowest BCUT2D eigenvalue weighted by Gasteiger charge is -2.25. The Hall–Kier alpha value is -5.08. The molecule has 6 aromatic rings. The van der Waals surface area contributed by atoms with Crippen LogP contribution in [-0.2, 0) is 27.9 Å². The Morgan fingerprint density at radius 2 is 1.48 bits per heavy atom. The number of para-hydroxylation sites is 1. The number of anilines is 2. The number of carbonyl (C=O) groups excluding carboxylic acids is 1. The molecule has 0 atom stereocenters. The summed E-state index contributed by atoms with van der Waals surface area (Å²) < 4.78 is 36.9. The molecule has 7 nitrogen and oxygen atoms in total. The molecule has 1 N–H and O–H groups in total. The highest BCUT2D eigenvalue weighted by Gasteiger charge is 2.25. The summed E-state index contributed by atoms with van der Waals surface area (Å²) in [6.07, 6.45) is 0. The summed E-state index contributed by atoms with van der Waals surface area (Å²) in [6.45, 7) is 4.87. The number of nitrogens with zero attached hydrogens (tertiary/aromatic N) is 2. The minimum absolute atomic E-state index is 0.168. The summed E-state index contributed by atoms with van der Waals surface area (Å²) in [7, 11) is -3.85. The second-order valence-electron chi connectivity index (χ2n) is 10.6. The molecule has 0 aliphatic heterocycles. The molecule has 0 aliphatic rings. The Labute approximate surface area is 257 Å². The van der Waals surface area contributed by atoms with Crippen molar-refractivity contribution in [3.8, 4) is 5.75 Å². The highest BCUT2D eigenvalue weighted by atomic mass is 32.2. The van der Waals surface area contributed by atoms with E-state index in [2.05, 4.69) is 28.9 Å². The number of aromatic nitrogens is 1. The van der Waals surface area contributed by atoms with E-state index in [-0.39, 0.29) is 24.0 Å². The number of benzene rings is 5. The maximum atomic E-state index is 13.7. The van der Waals surface area contributed by atoms with Gasteiger partial charge in [-0.05, 0) is 80.1 Å². The minimum atomic E-state index is -3.85. The van der Waals surface area contributed by atoms with Crippen LogP contribution in [0.25, 0.3) is 21.8 Å². The van der Waals surface area contributed by atoms with E-state index in [0.29, 0.717) is 17.1 Å². The van der Waals surface area contributed by atoms with Gasteiger partial charge >= 0.3 is 0 Å². The number of hydrogen-bond acceptors (Lipinski definition) is 4. The summed E-state index contributed by atoms with van der Waals surface area (Å²) >= 11 is 0. The predicted octanol–water partition coefficient (Wildman–Crippen LogP) is 7.54. The third kappa shape index (κ3) is 5.89. The number of rotatable bonds is 10. The third-order valence-corrected chi connectivity index (χ3v) is 9.43. The van der Waals surface area contributed by atoms with E-state index in [1.54, 1.807) is 48.5 Å². The first kappa shape index (κ1) is 29.0. The molecule has 0 fully saturated rings. The molecule has 5 aromatic carbocycles. The van der Waals surface area contributed by atoms with Crippen molar-refractivity contribution in [2.24, 2.45) is 0 Å². The number of aryl methyl sites for hydroxylation is 2. The minimum Gasteiger partial charge on any atom is -0.484 e. The molecule has 1 amide bonds. The van der Waals surface area contributed by atoms with Crippen LogP contribution in [0, 0.1) is 6.92 Å². The number of ether oxygens (including phenoxy) is 1. The van der Waals surface area contributed by atoms with E-state index in [1.165, 1.54) is 4.31 Å². The number of hydrogen-bond donors (Lipinski definition) is 1. The van der Waals surface area contributed by atoms with Gasteiger partial charge in [-0.2, -0.15) is 0 Å². The Morgan fingerprint density at radius 1 is 0.795 bits per heavy atom. The monoisotopic (exact) mass is 603 g/mol. The molecule has 0 bridgehead atoms. The van der Waals surface area contributed by atoms with Crippen LogP contribution in [0.4, 0.5) is 11.4 Å². The SMILES string of the molecule is CCn1c2ccccc2c2cc(NC(=O)COc3ccc(N(Cc4ccccc4)S(=O)(=O)c4ccc(C)cc4)cc3)ccc21. The van der Waals surface area contributed by atoms with Crippen LogP contribution in [0.5, 0.6) is 5.75 Å². The molecule has 6 rings (SSSR count). The second kappa shape index (κ2) is 12.3. The topological polar surface area (TPSA) is 80.6 Å². The smallest absolute Gasteiger partial charge is 0.264 e. The molecule has 0 unspecified atom stereocenters. The molecule has 222 valence electrons. The van der Waals surface area contributed by atoms with Crippen molar-refractivity contribution in [2.75, 3.05) is 16.2 Å². The van der Waals surface area contributed by atoms with Gasteiger partial charge in [0.2, 0.25) is 0 Å². The van der Waals surface area contributed by atoms with Gasteiger partial charge in [0.15, 0.2) is 6.61 Å². The van der Waals surface area contributed by atoms with Gasteiger partial charge in [-0.25, -0.2) is 8.42 Å². The second-order valence-corrected chi connectivity index (χ2v) is 12.5. The number of fused-ring (bicyclic) bond motifs is 3. The van der Waals surface area contributed by atoms with Crippen LogP contribution >= 0.6 is 0 Å². The highest BCUT2D eigenvalue weighted by Crippen LogP contribution is 2.31. The molecule has 8 heteroatoms. The quantitative estimate of drug-likeness (QED) is 0.175. The van der Waals surface area contributed by atoms with E-state index in [9.17, 15) is 13.2 Å². The fourth-order valence-corrected chi connectivity index (χ4v) is 6.88. The Bertz CT molecular complexity index is 2040. The van der Waals surface area contributed by atoms with Crippen LogP contribution in [0.3, 0.4) is 0 Å². The fourth-order valence-electron chi connectivity index (χ4n) is 5.43. The lowest BCUT2D eigenvalue weighted by atomic mass is 10.1. The molecule has 44 heavy (non-hydrogen) atoms. The van der Waals surface area contributed by atoms with Crippen molar-refractivity contribution < 1.29 is 17.9 Å². The van der Waals surface area contributed by atoms with Crippen molar-refractivity contribution >= 4 is 49.1 Å². The van der Waals surface area contributed by atoms with Gasteiger partial charge < -0.3 is 14.6 Å². The van der Waals surface area contributed by atoms with Crippen molar-refractivity contribution in [3.05, 3.63) is 132 Å². The standard InChI is InChI=1S/C36H33N3O4S/c1-3-38-34-12-8-7-11-32(34)33-23-28(15-22-35(33)38)37-36(40)25-43-30-18-16-29(17-19-30)39(24-27-9-5-4-6-10-27)44(41,42)31-20-13-26(2)14-21-31/h4-23H,3,24-25H2,1-2H3,(H,37,40). The van der Waals surface area contributed by atoms with Crippen LogP contribution < -0.4 is 14.4 Å². The zero-order valence-electron chi connectivity index (χ0n) is 24.6. The Kier molecular flexibility index (Phi) is 8.09. The molecule has 0 aliphatic carbocycles. The highest BCUT2D eigenvalue weighted by molar-refractivity contribution is 7.92. The van der Waals surface area contributed by atoms with Crippen LogP contribution in [-0.4, -0.2) is 25.5 Å². The van der Waals surface area contributed by atoms with E-state index in [0.717, 1.165) is 39.5 Å². The number of carbonyl (C=O) groups is 1. The number of nitrogens with one attached hydrogen (secondary N) is 1.